The van der Waals surface area contributed by atoms with Gasteiger partial charge in [0.2, 0.25) is 11.8 Å². The van der Waals surface area contributed by atoms with E-state index in [1.165, 1.54) is 28.8 Å². The molecule has 1 aromatic rings. The van der Waals surface area contributed by atoms with Crippen LogP contribution >= 0.6 is 11.8 Å². The van der Waals surface area contributed by atoms with E-state index in [-0.39, 0.29) is 59.1 Å². The zero-order chi connectivity index (χ0) is 19.2. The van der Waals surface area contributed by atoms with Crippen molar-refractivity contribution in [1.29, 1.82) is 0 Å². The number of nitrogens with one attached hydrogen (secondary N) is 1. The Morgan fingerprint density at radius 1 is 1.14 bits per heavy atom. The van der Waals surface area contributed by atoms with Crippen LogP contribution in [0.3, 0.4) is 0 Å². The van der Waals surface area contributed by atoms with E-state index in [1.807, 2.05) is 0 Å². The molecule has 0 bridgehead atoms. The first kappa shape index (κ1) is 25.5. The minimum absolute atomic E-state index is 0. The number of benzene rings is 1. The third-order valence-electron chi connectivity index (χ3n) is 4.61. The molecule has 2 saturated heterocycles. The monoisotopic (exact) mass is 424 g/mol. The van der Waals surface area contributed by atoms with E-state index >= 15 is 0 Å². The van der Waals surface area contributed by atoms with Gasteiger partial charge in [0, 0.05) is 63.9 Å². The maximum Gasteiger partial charge on any atom is 0.327 e. The maximum atomic E-state index is 12.5. The molecule has 3 rings (SSSR count). The van der Waals surface area contributed by atoms with Gasteiger partial charge in [0.25, 0.3) is 0 Å². The molecule has 1 aromatic carbocycles. The van der Waals surface area contributed by atoms with Crippen molar-refractivity contribution in [2.45, 2.75) is 42.0 Å². The summed E-state index contributed by atoms with van der Waals surface area (Å²) in [5, 5.41) is 20.8. The second kappa shape index (κ2) is 9.51. The van der Waals surface area contributed by atoms with Crippen molar-refractivity contribution < 1.29 is 29.4 Å². The fraction of sp³-hybridized carbons (Fsp3) is 0.412. The van der Waals surface area contributed by atoms with Crippen molar-refractivity contribution in [3.05, 3.63) is 35.9 Å². The summed E-state index contributed by atoms with van der Waals surface area (Å²) in [6.45, 7) is 3.45. The van der Waals surface area contributed by atoms with Crippen LogP contribution in [0.25, 0.3) is 0 Å². The Balaban J connectivity index is 0.00000196. The molecule has 28 heavy (non-hydrogen) atoms. The van der Waals surface area contributed by atoms with Crippen LogP contribution in [0, 0.1) is 0 Å². The van der Waals surface area contributed by atoms with Crippen molar-refractivity contribution in [2.24, 2.45) is 0 Å². The van der Waals surface area contributed by atoms with Crippen LogP contribution in [0.5, 0.6) is 0 Å². The summed E-state index contributed by atoms with van der Waals surface area (Å²) >= 11 is 1.29. The van der Waals surface area contributed by atoms with Gasteiger partial charge in [0.05, 0.1) is 0 Å². The Hall–Kier alpha value is -0.550. The number of hydrogen-bond donors (Lipinski definition) is 3. The van der Waals surface area contributed by atoms with E-state index in [1.54, 1.807) is 32.0 Å². The zero-order valence-corrected chi connectivity index (χ0v) is 20.9. The van der Waals surface area contributed by atoms with Crippen LogP contribution in [0.2, 0.25) is 0 Å². The number of nitrogens with zero attached hydrogens (tertiary/aromatic N) is 1. The normalized spacial score (nSPS) is 25.3. The van der Waals surface area contributed by atoms with Gasteiger partial charge in [-0.15, -0.1) is 11.8 Å². The molecule has 140 valence electrons. The molecule has 2 amide bonds. The number of thioether (sulfide) groups is 1. The fourth-order valence-corrected chi connectivity index (χ4v) is 5.06. The fourth-order valence-electron chi connectivity index (χ4n) is 3.43. The number of β-lactam (4-membered cyclic amide) rings is 1. The van der Waals surface area contributed by atoms with Crippen molar-refractivity contribution in [3.8, 4) is 0 Å². The van der Waals surface area contributed by atoms with Crippen molar-refractivity contribution in [3.63, 3.8) is 0 Å². The van der Waals surface area contributed by atoms with Crippen LogP contribution in [0.15, 0.2) is 30.3 Å². The molecular formula is C17H18N2Na2O6S. The zero-order valence-electron chi connectivity index (χ0n) is 16.1. The summed E-state index contributed by atoms with van der Waals surface area (Å²) in [5.74, 6) is -5.16. The minimum atomic E-state index is -1.44. The minimum Gasteiger partial charge on any atom is -0.480 e. The number of amides is 2. The van der Waals surface area contributed by atoms with Gasteiger partial charge in [0.1, 0.15) is 17.5 Å². The number of carboxylic acid groups (broad SMARTS) is 2. The number of aliphatic carboxylic acids is 2. The average Bonchev–Trinajstić information content (AvgIpc) is 2.82. The molecule has 0 aromatic heterocycles. The van der Waals surface area contributed by atoms with Crippen LogP contribution in [0.1, 0.15) is 25.3 Å². The summed E-state index contributed by atoms with van der Waals surface area (Å²) in [6, 6.07) is 6.10. The molecule has 4 atom stereocenters. The van der Waals surface area contributed by atoms with E-state index in [0.29, 0.717) is 5.56 Å². The summed E-state index contributed by atoms with van der Waals surface area (Å²) in [7, 11) is 0. The van der Waals surface area contributed by atoms with Gasteiger partial charge in [-0.3, -0.25) is 14.4 Å². The molecule has 2 fully saturated rings. The van der Waals surface area contributed by atoms with Crippen LogP contribution in [0.4, 0.5) is 0 Å². The van der Waals surface area contributed by atoms with E-state index in [9.17, 15) is 29.4 Å². The second-order valence-electron chi connectivity index (χ2n) is 6.77. The molecule has 0 saturated carbocycles. The number of fused-ring (bicyclic) bond motifs is 1. The smallest absolute Gasteiger partial charge is 0.327 e. The van der Waals surface area contributed by atoms with Crippen molar-refractivity contribution >= 4 is 94.6 Å². The quantitative estimate of drug-likeness (QED) is 0.338. The number of rotatable bonds is 5. The molecule has 2 aliphatic heterocycles. The Kier molecular flexibility index (Phi) is 8.65. The van der Waals surface area contributed by atoms with Gasteiger partial charge in [-0.05, 0) is 19.4 Å². The standard InChI is InChI=1S/C17H18N2O6S.2Na/c1-17(2)11(16(24)25)19-13(21)10(14(19)26-17)18-12(20)9(15(22)23)8-6-4-3-5-7-8;;/h3-7,9-11,14H,1-2H3,(H,18,20)(H,22,23)(H,24,25);;/t9?,10-,11+,14-;;/m1../s1. The summed E-state index contributed by atoms with van der Waals surface area (Å²) in [5.41, 5.74) is 0.309. The van der Waals surface area contributed by atoms with E-state index < -0.39 is 51.9 Å². The van der Waals surface area contributed by atoms with E-state index in [0.717, 1.165) is 0 Å². The van der Waals surface area contributed by atoms with Gasteiger partial charge in [-0.25, -0.2) is 4.79 Å². The topological polar surface area (TPSA) is 124 Å². The first-order valence-electron chi connectivity index (χ1n) is 7.96. The Morgan fingerprint density at radius 3 is 2.21 bits per heavy atom. The largest absolute Gasteiger partial charge is 0.480 e. The number of carbonyl (C=O) groups excluding carboxylic acids is 2. The van der Waals surface area contributed by atoms with Gasteiger partial charge < -0.3 is 20.4 Å². The van der Waals surface area contributed by atoms with Gasteiger partial charge in [0.15, 0.2) is 5.92 Å². The maximum absolute atomic E-state index is 12.5. The van der Waals surface area contributed by atoms with E-state index in [4.69, 9.17) is 0 Å². The molecule has 2 radical (unpaired) electrons. The first-order valence-corrected chi connectivity index (χ1v) is 8.84. The third-order valence-corrected chi connectivity index (χ3v) is 6.19. The number of carboxylic acids is 2. The van der Waals surface area contributed by atoms with Crippen molar-refractivity contribution in [1.82, 2.24) is 10.2 Å². The molecular weight excluding hydrogens is 406 g/mol. The summed E-state index contributed by atoms with van der Waals surface area (Å²) in [4.78, 5) is 49.2. The predicted molar refractivity (Wildman–Crippen MR) is 104 cm³/mol. The van der Waals surface area contributed by atoms with Crippen LogP contribution in [-0.4, -0.2) is 120 Å². The SMILES string of the molecule is CC1(C)S[C@@H]2[C@H](NC(=O)C(C(=O)O)c3ccccc3)C(=O)N2[C@H]1C(=O)O.[Na].[Na]. The van der Waals surface area contributed by atoms with E-state index in [2.05, 4.69) is 5.32 Å². The Labute approximate surface area is 210 Å². The predicted octanol–water partition coefficient (Wildman–Crippen LogP) is -0.275. The van der Waals surface area contributed by atoms with Crippen LogP contribution in [-0.2, 0) is 19.2 Å². The first-order chi connectivity index (χ1) is 12.1. The molecule has 2 aliphatic rings. The molecule has 3 N–H and O–H groups in total. The molecule has 0 spiro atoms. The second-order valence-corrected chi connectivity index (χ2v) is 8.54. The Morgan fingerprint density at radius 2 is 1.71 bits per heavy atom. The molecule has 11 heteroatoms. The molecule has 8 nitrogen and oxygen atoms in total. The number of hydrogen-bond acceptors (Lipinski definition) is 5. The molecule has 2 heterocycles. The van der Waals surface area contributed by atoms with Crippen molar-refractivity contribution in [2.75, 3.05) is 0 Å². The third kappa shape index (κ3) is 4.45. The summed E-state index contributed by atoms with van der Waals surface area (Å²) in [6.07, 6.45) is 0. The van der Waals surface area contributed by atoms with Gasteiger partial charge in [-0.1, -0.05) is 30.3 Å². The molecule has 0 aliphatic carbocycles. The van der Waals surface area contributed by atoms with Gasteiger partial charge in [-0.2, -0.15) is 0 Å². The average molecular weight is 424 g/mol. The van der Waals surface area contributed by atoms with Gasteiger partial charge >= 0.3 is 11.9 Å². The van der Waals surface area contributed by atoms with Crippen LogP contribution < -0.4 is 5.32 Å². The number of carbonyl (C=O) groups is 4. The summed E-state index contributed by atoms with van der Waals surface area (Å²) < 4.78 is -0.711. The Bertz CT molecular complexity index is 791. The molecule has 1 unspecified atom stereocenters.